The fourth-order valence-electron chi connectivity index (χ4n) is 1.23. The van der Waals surface area contributed by atoms with Gasteiger partial charge in [0.15, 0.2) is 6.10 Å². The molecule has 16 heavy (non-hydrogen) atoms. The predicted octanol–water partition coefficient (Wildman–Crippen LogP) is 1.41. The first-order chi connectivity index (χ1) is 7.54. The van der Waals surface area contributed by atoms with E-state index in [9.17, 15) is 4.79 Å². The van der Waals surface area contributed by atoms with Crippen LogP contribution in [0.1, 0.15) is 12.5 Å². The normalized spacial score (nSPS) is 11.4. The zero-order valence-electron chi connectivity index (χ0n) is 9.60. The molecule has 0 aliphatic rings. The molecular weight excluding hydrogens is 204 g/mol. The molecule has 0 aromatic heterocycles. The molecule has 0 saturated carbocycles. The third-order valence-corrected chi connectivity index (χ3v) is 2.08. The molecule has 0 aliphatic heterocycles. The predicted molar refractivity (Wildman–Crippen MR) is 59.9 cm³/mol. The van der Waals surface area contributed by atoms with Crippen molar-refractivity contribution in [3.05, 3.63) is 29.8 Å². The molecule has 4 nitrogen and oxygen atoms in total. The van der Waals surface area contributed by atoms with E-state index in [2.05, 4.69) is 0 Å². The number of hydrogen-bond acceptors (Lipinski definition) is 3. The molecule has 1 aromatic carbocycles. The molecule has 0 aliphatic carbocycles. The Bertz CT molecular complexity index is 404. The van der Waals surface area contributed by atoms with Crippen LogP contribution in [0, 0.1) is 11.3 Å². The molecule has 0 fully saturated rings. The first kappa shape index (κ1) is 12.1. The molecule has 1 atom stereocenters. The Kier molecular flexibility index (Phi) is 3.90. The molecule has 0 N–H and O–H groups in total. The van der Waals surface area contributed by atoms with Crippen LogP contribution in [0.3, 0.4) is 0 Å². The van der Waals surface area contributed by atoms with Gasteiger partial charge in [0.05, 0.1) is 11.6 Å². The standard InChI is InChI=1S/C12H14N2O2/c1-9(12(15)14(2)3)16-11-6-4-10(8-13)5-7-11/h4-7,9H,1-3H3/t9-/m0/s1. The average Bonchev–Trinajstić information content (AvgIpc) is 2.28. The smallest absolute Gasteiger partial charge is 0.262 e. The van der Waals surface area contributed by atoms with Gasteiger partial charge in [0.2, 0.25) is 0 Å². The summed E-state index contributed by atoms with van der Waals surface area (Å²) in [5.41, 5.74) is 0.568. The monoisotopic (exact) mass is 218 g/mol. The van der Waals surface area contributed by atoms with Crippen molar-refractivity contribution >= 4 is 5.91 Å². The van der Waals surface area contributed by atoms with E-state index in [0.29, 0.717) is 11.3 Å². The van der Waals surface area contributed by atoms with Crippen molar-refractivity contribution in [3.63, 3.8) is 0 Å². The Hall–Kier alpha value is -2.02. The zero-order valence-corrected chi connectivity index (χ0v) is 9.60. The second-order valence-corrected chi connectivity index (χ2v) is 3.63. The Morgan fingerprint density at radius 2 is 1.94 bits per heavy atom. The maximum Gasteiger partial charge on any atom is 0.262 e. The van der Waals surface area contributed by atoms with Crippen LogP contribution < -0.4 is 4.74 Å². The largest absolute Gasteiger partial charge is 0.481 e. The van der Waals surface area contributed by atoms with E-state index in [1.54, 1.807) is 45.3 Å². The van der Waals surface area contributed by atoms with Crippen LogP contribution in [0.5, 0.6) is 5.75 Å². The molecule has 0 saturated heterocycles. The van der Waals surface area contributed by atoms with Crippen molar-refractivity contribution in [1.29, 1.82) is 5.26 Å². The highest BCUT2D eigenvalue weighted by Gasteiger charge is 2.16. The van der Waals surface area contributed by atoms with Crippen LogP contribution in [0.2, 0.25) is 0 Å². The molecule has 4 heteroatoms. The van der Waals surface area contributed by atoms with Crippen molar-refractivity contribution in [2.75, 3.05) is 14.1 Å². The third-order valence-electron chi connectivity index (χ3n) is 2.08. The summed E-state index contributed by atoms with van der Waals surface area (Å²) in [4.78, 5) is 13.0. The fraction of sp³-hybridized carbons (Fsp3) is 0.333. The quantitative estimate of drug-likeness (QED) is 0.770. The van der Waals surface area contributed by atoms with Gasteiger partial charge in [-0.15, -0.1) is 0 Å². The number of benzene rings is 1. The van der Waals surface area contributed by atoms with Gasteiger partial charge in [0, 0.05) is 14.1 Å². The van der Waals surface area contributed by atoms with Crippen molar-refractivity contribution in [3.8, 4) is 11.8 Å². The second-order valence-electron chi connectivity index (χ2n) is 3.63. The summed E-state index contributed by atoms with van der Waals surface area (Å²) < 4.78 is 5.44. The molecule has 0 unspecified atom stereocenters. The molecule has 0 heterocycles. The number of nitriles is 1. The highest BCUT2D eigenvalue weighted by atomic mass is 16.5. The first-order valence-electron chi connectivity index (χ1n) is 4.92. The van der Waals surface area contributed by atoms with Crippen LogP contribution in [0.15, 0.2) is 24.3 Å². The van der Waals surface area contributed by atoms with E-state index in [0.717, 1.165) is 0 Å². The molecule has 1 rings (SSSR count). The van der Waals surface area contributed by atoms with Crippen molar-refractivity contribution < 1.29 is 9.53 Å². The van der Waals surface area contributed by atoms with Gasteiger partial charge in [0.25, 0.3) is 5.91 Å². The summed E-state index contributed by atoms with van der Waals surface area (Å²) in [6, 6.07) is 8.68. The van der Waals surface area contributed by atoms with Crippen LogP contribution in [-0.2, 0) is 4.79 Å². The summed E-state index contributed by atoms with van der Waals surface area (Å²) >= 11 is 0. The summed E-state index contributed by atoms with van der Waals surface area (Å²) in [5, 5.41) is 8.62. The summed E-state index contributed by atoms with van der Waals surface area (Å²) in [5.74, 6) is 0.492. The molecule has 0 bridgehead atoms. The minimum atomic E-state index is -0.525. The SMILES string of the molecule is C[C@H](Oc1ccc(C#N)cc1)C(=O)N(C)C. The van der Waals surface area contributed by atoms with E-state index in [1.165, 1.54) is 4.90 Å². The number of carbonyl (C=O) groups is 1. The van der Waals surface area contributed by atoms with Gasteiger partial charge in [-0.1, -0.05) is 0 Å². The van der Waals surface area contributed by atoms with Gasteiger partial charge in [-0.3, -0.25) is 4.79 Å². The van der Waals surface area contributed by atoms with Gasteiger partial charge in [-0.25, -0.2) is 0 Å². The van der Waals surface area contributed by atoms with Crippen LogP contribution in [0.25, 0.3) is 0 Å². The first-order valence-corrected chi connectivity index (χ1v) is 4.92. The summed E-state index contributed by atoms with van der Waals surface area (Å²) in [7, 11) is 3.36. The minimum Gasteiger partial charge on any atom is -0.481 e. The Morgan fingerprint density at radius 3 is 2.38 bits per heavy atom. The number of nitrogens with zero attached hydrogens (tertiary/aromatic N) is 2. The number of carbonyl (C=O) groups excluding carboxylic acids is 1. The minimum absolute atomic E-state index is 0.0932. The second kappa shape index (κ2) is 5.17. The van der Waals surface area contributed by atoms with E-state index in [-0.39, 0.29) is 5.91 Å². The Labute approximate surface area is 95.0 Å². The van der Waals surface area contributed by atoms with Crippen molar-refractivity contribution in [1.82, 2.24) is 4.90 Å². The van der Waals surface area contributed by atoms with E-state index >= 15 is 0 Å². The Morgan fingerprint density at radius 1 is 1.38 bits per heavy atom. The highest BCUT2D eigenvalue weighted by Crippen LogP contribution is 2.13. The molecule has 1 amide bonds. The van der Waals surface area contributed by atoms with Crippen LogP contribution >= 0.6 is 0 Å². The van der Waals surface area contributed by atoms with Gasteiger partial charge in [0.1, 0.15) is 5.75 Å². The van der Waals surface area contributed by atoms with E-state index in [1.807, 2.05) is 6.07 Å². The lowest BCUT2D eigenvalue weighted by Crippen LogP contribution is -2.35. The Balaban J connectivity index is 2.67. The summed E-state index contributed by atoms with van der Waals surface area (Å²) in [6.07, 6.45) is -0.525. The fourth-order valence-corrected chi connectivity index (χ4v) is 1.23. The van der Waals surface area contributed by atoms with Gasteiger partial charge in [-0.2, -0.15) is 5.26 Å². The maximum absolute atomic E-state index is 11.5. The van der Waals surface area contributed by atoms with Gasteiger partial charge >= 0.3 is 0 Å². The molecule has 0 radical (unpaired) electrons. The topological polar surface area (TPSA) is 53.3 Å². The summed E-state index contributed by atoms with van der Waals surface area (Å²) in [6.45, 7) is 1.69. The molecule has 0 spiro atoms. The molecular formula is C12H14N2O2. The lowest BCUT2D eigenvalue weighted by molar-refractivity contribution is -0.135. The van der Waals surface area contributed by atoms with E-state index < -0.39 is 6.10 Å². The molecule has 84 valence electrons. The van der Waals surface area contributed by atoms with Crippen molar-refractivity contribution in [2.45, 2.75) is 13.0 Å². The average molecular weight is 218 g/mol. The lowest BCUT2D eigenvalue weighted by atomic mass is 10.2. The van der Waals surface area contributed by atoms with Crippen LogP contribution in [-0.4, -0.2) is 31.0 Å². The highest BCUT2D eigenvalue weighted by molar-refractivity contribution is 5.80. The number of rotatable bonds is 3. The van der Waals surface area contributed by atoms with Gasteiger partial charge in [-0.05, 0) is 31.2 Å². The van der Waals surface area contributed by atoms with Gasteiger partial charge < -0.3 is 9.64 Å². The zero-order chi connectivity index (χ0) is 12.1. The number of ether oxygens (including phenoxy) is 1. The molecule has 1 aromatic rings. The number of amides is 1. The lowest BCUT2D eigenvalue weighted by Gasteiger charge is -2.18. The van der Waals surface area contributed by atoms with E-state index in [4.69, 9.17) is 10.00 Å². The third kappa shape index (κ3) is 2.99. The number of hydrogen-bond donors (Lipinski definition) is 0. The maximum atomic E-state index is 11.5. The van der Waals surface area contributed by atoms with Crippen LogP contribution in [0.4, 0.5) is 0 Å². The number of likely N-dealkylation sites (N-methyl/N-ethyl adjacent to an activating group) is 1. The van der Waals surface area contributed by atoms with Crippen molar-refractivity contribution in [2.24, 2.45) is 0 Å².